The third kappa shape index (κ3) is 2.48. The summed E-state index contributed by atoms with van der Waals surface area (Å²) in [5.41, 5.74) is 0.471. The lowest BCUT2D eigenvalue weighted by Gasteiger charge is -2.31. The Morgan fingerprint density at radius 2 is 2.19 bits per heavy atom. The molecule has 2 heterocycles. The first-order chi connectivity index (χ1) is 7.66. The number of nitrogens with zero attached hydrogens (tertiary/aromatic N) is 3. The molecule has 0 aromatic carbocycles. The molecule has 1 aromatic rings. The smallest absolute Gasteiger partial charge is 0.256 e. The number of aromatic nitrogens is 2. The maximum Gasteiger partial charge on any atom is 0.256 e. The van der Waals surface area contributed by atoms with E-state index >= 15 is 0 Å². The maximum atomic E-state index is 11.9. The Balaban J connectivity index is 1.97. The summed E-state index contributed by atoms with van der Waals surface area (Å²) in [5.74, 6) is 0.491. The molecule has 1 aliphatic heterocycles. The number of nitrogens with one attached hydrogen (secondary N) is 1. The highest BCUT2D eigenvalue weighted by molar-refractivity contribution is 6.28. The molecule has 6 heteroatoms. The number of carbonyl (C=O) groups excluding carboxylic acids is 1. The molecule has 0 atom stereocenters. The second kappa shape index (κ2) is 4.76. The topological polar surface area (TPSA) is 58.1 Å². The van der Waals surface area contributed by atoms with Gasteiger partial charge in [-0.2, -0.15) is 0 Å². The highest BCUT2D eigenvalue weighted by atomic mass is 35.5. The van der Waals surface area contributed by atoms with Crippen LogP contribution in [-0.2, 0) is 0 Å². The van der Waals surface area contributed by atoms with E-state index in [0.717, 1.165) is 19.6 Å². The van der Waals surface area contributed by atoms with Crippen LogP contribution in [0.1, 0.15) is 10.4 Å². The zero-order valence-electron chi connectivity index (χ0n) is 8.98. The standard InChI is InChI=1S/C10H13ClN4O/c1-15(6-7-2-12-3-7)9(16)8-4-13-10(11)14-5-8/h4-5,7,12H,2-3,6H2,1H3. The van der Waals surface area contributed by atoms with Gasteiger partial charge in [0, 0.05) is 45.0 Å². The SMILES string of the molecule is CN(CC1CNC1)C(=O)c1cnc(Cl)nc1. The molecule has 1 N–H and O–H groups in total. The van der Waals surface area contributed by atoms with Crippen LogP contribution in [0, 0.1) is 5.92 Å². The van der Waals surface area contributed by atoms with Crippen molar-refractivity contribution in [3.63, 3.8) is 0 Å². The lowest BCUT2D eigenvalue weighted by Crippen LogP contribution is -2.48. The zero-order valence-corrected chi connectivity index (χ0v) is 9.74. The molecule has 0 spiro atoms. The first-order valence-corrected chi connectivity index (χ1v) is 5.48. The minimum Gasteiger partial charge on any atom is -0.341 e. The number of hydrogen-bond acceptors (Lipinski definition) is 4. The summed E-state index contributed by atoms with van der Waals surface area (Å²) in [5, 5.41) is 3.33. The fourth-order valence-corrected chi connectivity index (χ4v) is 1.69. The van der Waals surface area contributed by atoms with Gasteiger partial charge in [0.2, 0.25) is 5.28 Å². The van der Waals surface area contributed by atoms with Gasteiger partial charge in [-0.3, -0.25) is 4.79 Å². The van der Waals surface area contributed by atoms with E-state index in [2.05, 4.69) is 15.3 Å². The molecule has 5 nitrogen and oxygen atoms in total. The molecule has 0 bridgehead atoms. The summed E-state index contributed by atoms with van der Waals surface area (Å²) in [6.07, 6.45) is 2.90. The summed E-state index contributed by atoms with van der Waals surface area (Å²) in [7, 11) is 1.79. The molecule has 0 unspecified atom stereocenters. The lowest BCUT2D eigenvalue weighted by atomic mass is 10.0. The van der Waals surface area contributed by atoms with Crippen molar-refractivity contribution in [3.05, 3.63) is 23.2 Å². The van der Waals surface area contributed by atoms with Gasteiger partial charge in [0.15, 0.2) is 0 Å². The van der Waals surface area contributed by atoms with Crippen LogP contribution >= 0.6 is 11.6 Å². The van der Waals surface area contributed by atoms with Crippen LogP contribution in [0.4, 0.5) is 0 Å². The molecule has 1 amide bonds. The van der Waals surface area contributed by atoms with Gasteiger partial charge in [0.25, 0.3) is 5.91 Å². The van der Waals surface area contributed by atoms with E-state index in [1.54, 1.807) is 11.9 Å². The monoisotopic (exact) mass is 240 g/mol. The molecule has 86 valence electrons. The van der Waals surface area contributed by atoms with Gasteiger partial charge in [-0.1, -0.05) is 0 Å². The molecule has 0 aliphatic carbocycles. The van der Waals surface area contributed by atoms with Gasteiger partial charge in [-0.05, 0) is 11.6 Å². The first-order valence-electron chi connectivity index (χ1n) is 5.10. The first kappa shape index (κ1) is 11.3. The van der Waals surface area contributed by atoms with Gasteiger partial charge in [-0.25, -0.2) is 9.97 Å². The number of rotatable bonds is 3. The molecular weight excluding hydrogens is 228 g/mol. The number of hydrogen-bond donors (Lipinski definition) is 1. The highest BCUT2D eigenvalue weighted by Crippen LogP contribution is 2.08. The average molecular weight is 241 g/mol. The third-order valence-electron chi connectivity index (χ3n) is 2.61. The van der Waals surface area contributed by atoms with E-state index in [9.17, 15) is 4.79 Å². The maximum absolute atomic E-state index is 11.9. The minimum absolute atomic E-state index is 0.0661. The second-order valence-electron chi connectivity index (χ2n) is 3.95. The van der Waals surface area contributed by atoms with E-state index in [0.29, 0.717) is 11.5 Å². The van der Waals surface area contributed by atoms with E-state index in [-0.39, 0.29) is 11.2 Å². The fraction of sp³-hybridized carbons (Fsp3) is 0.500. The largest absolute Gasteiger partial charge is 0.341 e. The van der Waals surface area contributed by atoms with Crippen molar-refractivity contribution in [1.29, 1.82) is 0 Å². The molecule has 16 heavy (non-hydrogen) atoms. The zero-order chi connectivity index (χ0) is 11.5. The summed E-state index contributed by atoms with van der Waals surface area (Å²) >= 11 is 5.56. The predicted octanol–water partition coefficient (Wildman–Crippen LogP) is 0.421. The fourth-order valence-electron chi connectivity index (χ4n) is 1.59. The van der Waals surface area contributed by atoms with Crippen LogP contribution in [0.15, 0.2) is 12.4 Å². The van der Waals surface area contributed by atoms with Gasteiger partial charge in [0.05, 0.1) is 5.56 Å². The molecule has 1 aliphatic rings. The summed E-state index contributed by atoms with van der Waals surface area (Å²) < 4.78 is 0. The van der Waals surface area contributed by atoms with Gasteiger partial charge in [-0.15, -0.1) is 0 Å². The number of carbonyl (C=O) groups is 1. The minimum atomic E-state index is -0.0661. The van der Waals surface area contributed by atoms with Crippen molar-refractivity contribution in [3.8, 4) is 0 Å². The van der Waals surface area contributed by atoms with Crippen LogP contribution < -0.4 is 5.32 Å². The van der Waals surface area contributed by atoms with Crippen molar-refractivity contribution >= 4 is 17.5 Å². The number of halogens is 1. The van der Waals surface area contributed by atoms with Gasteiger partial charge in [0.1, 0.15) is 0 Å². The van der Waals surface area contributed by atoms with E-state index < -0.39 is 0 Å². The second-order valence-corrected chi connectivity index (χ2v) is 4.29. The molecule has 0 radical (unpaired) electrons. The van der Waals surface area contributed by atoms with E-state index in [1.807, 2.05) is 0 Å². The van der Waals surface area contributed by atoms with Gasteiger partial charge >= 0.3 is 0 Å². The molecule has 2 rings (SSSR count). The Labute approximate surface area is 98.8 Å². The molecule has 1 saturated heterocycles. The lowest BCUT2D eigenvalue weighted by molar-refractivity contribution is 0.0755. The average Bonchev–Trinajstić information content (AvgIpc) is 2.23. The Kier molecular flexibility index (Phi) is 3.36. The quantitative estimate of drug-likeness (QED) is 0.779. The van der Waals surface area contributed by atoms with Crippen LogP contribution in [0.3, 0.4) is 0 Å². The van der Waals surface area contributed by atoms with Crippen LogP contribution in [0.2, 0.25) is 5.28 Å². The Morgan fingerprint density at radius 1 is 1.56 bits per heavy atom. The van der Waals surface area contributed by atoms with Crippen LogP contribution in [0.5, 0.6) is 0 Å². The van der Waals surface area contributed by atoms with Crippen LogP contribution in [-0.4, -0.2) is 47.5 Å². The summed E-state index contributed by atoms with van der Waals surface area (Å²) in [4.78, 5) is 21.2. The van der Waals surface area contributed by atoms with Gasteiger partial charge < -0.3 is 10.2 Å². The van der Waals surface area contributed by atoms with E-state index in [4.69, 9.17) is 11.6 Å². The number of amides is 1. The van der Waals surface area contributed by atoms with E-state index in [1.165, 1.54) is 12.4 Å². The summed E-state index contributed by atoms with van der Waals surface area (Å²) in [6.45, 7) is 2.72. The summed E-state index contributed by atoms with van der Waals surface area (Å²) in [6, 6.07) is 0. The van der Waals surface area contributed by atoms with Crippen molar-refractivity contribution in [2.45, 2.75) is 0 Å². The molecular formula is C10H13ClN4O. The molecule has 0 saturated carbocycles. The Bertz CT molecular complexity index is 377. The Hall–Kier alpha value is -1.20. The molecule has 1 aromatic heterocycles. The van der Waals surface area contributed by atoms with Crippen molar-refractivity contribution < 1.29 is 4.79 Å². The molecule has 1 fully saturated rings. The highest BCUT2D eigenvalue weighted by Gasteiger charge is 2.21. The third-order valence-corrected chi connectivity index (χ3v) is 2.81. The van der Waals surface area contributed by atoms with Crippen LogP contribution in [0.25, 0.3) is 0 Å². The Morgan fingerprint density at radius 3 is 2.69 bits per heavy atom. The van der Waals surface area contributed by atoms with Crippen molar-refractivity contribution in [2.75, 3.05) is 26.7 Å². The normalized spacial score (nSPS) is 15.6. The predicted molar refractivity (Wildman–Crippen MR) is 60.4 cm³/mol. The van der Waals surface area contributed by atoms with Crippen molar-refractivity contribution in [1.82, 2.24) is 20.2 Å². The van der Waals surface area contributed by atoms with Crippen molar-refractivity contribution in [2.24, 2.45) is 5.92 Å².